The summed E-state index contributed by atoms with van der Waals surface area (Å²) in [6.07, 6.45) is 2.26. The van der Waals surface area contributed by atoms with Crippen molar-refractivity contribution in [3.63, 3.8) is 0 Å². The molecule has 0 radical (unpaired) electrons. The third kappa shape index (κ3) is 4.87. The minimum atomic E-state index is -0.513. The molecule has 3 aromatic heterocycles. The highest BCUT2D eigenvalue weighted by molar-refractivity contribution is 7.14. The third-order valence-electron chi connectivity index (χ3n) is 3.48. The van der Waals surface area contributed by atoms with Crippen LogP contribution in [0.1, 0.15) is 27.3 Å². The molecule has 9 heteroatoms. The molecule has 0 saturated heterocycles. The first-order chi connectivity index (χ1) is 12.6. The first-order valence-corrected chi connectivity index (χ1v) is 9.60. The number of aromatic nitrogens is 2. The highest BCUT2D eigenvalue weighted by Gasteiger charge is 2.12. The fourth-order valence-corrected chi connectivity index (χ4v) is 3.56. The molecule has 0 aliphatic rings. The second kappa shape index (κ2) is 8.54. The van der Waals surface area contributed by atoms with Gasteiger partial charge in [0, 0.05) is 22.9 Å². The summed E-state index contributed by atoms with van der Waals surface area (Å²) in [5, 5.41) is 9.61. The van der Waals surface area contributed by atoms with E-state index in [1.165, 1.54) is 23.6 Å². The van der Waals surface area contributed by atoms with Crippen molar-refractivity contribution in [2.75, 3.05) is 5.32 Å². The van der Waals surface area contributed by atoms with Gasteiger partial charge in [-0.3, -0.25) is 19.7 Å². The van der Waals surface area contributed by atoms with E-state index in [0.717, 1.165) is 10.6 Å². The lowest BCUT2D eigenvalue weighted by Crippen LogP contribution is -2.23. The molecule has 0 spiro atoms. The summed E-state index contributed by atoms with van der Waals surface area (Å²) < 4.78 is 0. The molecular weight excluding hydrogens is 372 g/mol. The van der Waals surface area contributed by atoms with Gasteiger partial charge in [0.05, 0.1) is 12.2 Å². The van der Waals surface area contributed by atoms with Gasteiger partial charge in [-0.1, -0.05) is 6.07 Å². The number of hydrogen-bond donors (Lipinski definition) is 3. The summed E-state index contributed by atoms with van der Waals surface area (Å²) in [5.74, 6) is -0.561. The quantitative estimate of drug-likeness (QED) is 0.578. The Bertz CT molecular complexity index is 947. The summed E-state index contributed by atoms with van der Waals surface area (Å²) in [6, 6.07) is 6.94. The highest BCUT2D eigenvalue weighted by atomic mass is 32.1. The summed E-state index contributed by atoms with van der Waals surface area (Å²) in [6.45, 7) is 0.528. The van der Waals surface area contributed by atoms with Crippen LogP contribution in [0.3, 0.4) is 0 Å². The Balaban J connectivity index is 1.48. The molecule has 0 aromatic carbocycles. The van der Waals surface area contributed by atoms with E-state index >= 15 is 0 Å². The Kier molecular flexibility index (Phi) is 5.92. The number of aryl methyl sites for hydroxylation is 1. The summed E-state index contributed by atoms with van der Waals surface area (Å²) in [4.78, 5) is 43.4. The molecular formula is C17H16N4O3S2. The van der Waals surface area contributed by atoms with Crippen molar-refractivity contribution in [3.05, 3.63) is 67.7 Å². The Morgan fingerprint density at radius 2 is 2.08 bits per heavy atom. The zero-order chi connectivity index (χ0) is 18.4. The van der Waals surface area contributed by atoms with Crippen molar-refractivity contribution < 1.29 is 9.59 Å². The molecule has 26 heavy (non-hydrogen) atoms. The Morgan fingerprint density at radius 3 is 2.85 bits per heavy atom. The standard InChI is InChI=1S/C17H16N4O3S2/c22-14(19-9-12-3-2-8-25-12)6-5-11-10-26-17(20-11)21-16(24)13-4-1-7-18-15(13)23/h1-4,7-8,10H,5-6,9H2,(H,18,23)(H,19,22)(H,20,21,24). The fourth-order valence-electron chi connectivity index (χ4n) is 2.17. The molecule has 3 heterocycles. The Hall–Kier alpha value is -2.78. The minimum Gasteiger partial charge on any atom is -0.351 e. The number of nitrogens with one attached hydrogen (secondary N) is 3. The second-order valence-electron chi connectivity index (χ2n) is 5.37. The van der Waals surface area contributed by atoms with Gasteiger partial charge in [-0.15, -0.1) is 22.7 Å². The number of hydrogen-bond acceptors (Lipinski definition) is 6. The highest BCUT2D eigenvalue weighted by Crippen LogP contribution is 2.17. The maximum atomic E-state index is 12.1. The summed E-state index contributed by atoms with van der Waals surface area (Å²) in [5.41, 5.74) is 0.292. The van der Waals surface area contributed by atoms with E-state index in [1.807, 2.05) is 17.5 Å². The van der Waals surface area contributed by atoms with E-state index in [0.29, 0.717) is 24.5 Å². The monoisotopic (exact) mass is 388 g/mol. The Labute approximate surface area is 157 Å². The zero-order valence-electron chi connectivity index (χ0n) is 13.7. The number of carbonyl (C=O) groups excluding carboxylic acids is 2. The maximum absolute atomic E-state index is 12.1. The van der Waals surface area contributed by atoms with Crippen LogP contribution in [0.4, 0.5) is 5.13 Å². The number of thiophene rings is 1. The molecule has 0 atom stereocenters. The fraction of sp³-hybridized carbons (Fsp3) is 0.176. The topological polar surface area (TPSA) is 104 Å². The van der Waals surface area contributed by atoms with Crippen LogP contribution in [0.5, 0.6) is 0 Å². The van der Waals surface area contributed by atoms with Gasteiger partial charge in [0.1, 0.15) is 5.56 Å². The van der Waals surface area contributed by atoms with Crippen LogP contribution >= 0.6 is 22.7 Å². The molecule has 134 valence electrons. The number of thiazole rings is 1. The molecule has 0 saturated carbocycles. The van der Waals surface area contributed by atoms with Gasteiger partial charge in [-0.25, -0.2) is 4.98 Å². The molecule has 0 unspecified atom stereocenters. The SMILES string of the molecule is O=C(CCc1csc(NC(=O)c2ccc[nH]c2=O)n1)NCc1cccs1. The lowest BCUT2D eigenvalue weighted by molar-refractivity contribution is -0.121. The number of pyridine rings is 1. The van der Waals surface area contributed by atoms with Crippen LogP contribution in [0.2, 0.25) is 0 Å². The van der Waals surface area contributed by atoms with Gasteiger partial charge in [-0.05, 0) is 30.0 Å². The van der Waals surface area contributed by atoms with E-state index in [1.54, 1.807) is 22.8 Å². The van der Waals surface area contributed by atoms with Gasteiger partial charge in [0.15, 0.2) is 5.13 Å². The van der Waals surface area contributed by atoms with Crippen molar-refractivity contribution in [2.24, 2.45) is 0 Å². The van der Waals surface area contributed by atoms with Crippen LogP contribution in [-0.2, 0) is 17.8 Å². The van der Waals surface area contributed by atoms with Crippen molar-refractivity contribution >= 4 is 39.6 Å². The van der Waals surface area contributed by atoms with E-state index in [9.17, 15) is 14.4 Å². The lowest BCUT2D eigenvalue weighted by atomic mass is 10.2. The number of amides is 2. The normalized spacial score (nSPS) is 10.5. The molecule has 0 aliphatic heterocycles. The number of nitrogens with zero attached hydrogens (tertiary/aromatic N) is 1. The first-order valence-electron chi connectivity index (χ1n) is 7.84. The van der Waals surface area contributed by atoms with Gasteiger partial charge < -0.3 is 10.3 Å². The number of carbonyl (C=O) groups is 2. The van der Waals surface area contributed by atoms with E-state index in [-0.39, 0.29) is 11.5 Å². The average molecular weight is 388 g/mol. The molecule has 3 N–H and O–H groups in total. The molecule has 2 amide bonds. The van der Waals surface area contributed by atoms with Crippen LogP contribution in [0, 0.1) is 0 Å². The van der Waals surface area contributed by atoms with Crippen molar-refractivity contribution in [1.29, 1.82) is 0 Å². The number of aromatic amines is 1. The first kappa shape index (κ1) is 18.0. The predicted octanol–water partition coefficient (Wildman–Crippen LogP) is 2.39. The van der Waals surface area contributed by atoms with E-state index in [2.05, 4.69) is 20.6 Å². The van der Waals surface area contributed by atoms with Gasteiger partial charge in [0.2, 0.25) is 5.91 Å². The number of anilines is 1. The smallest absolute Gasteiger partial charge is 0.263 e. The van der Waals surface area contributed by atoms with E-state index in [4.69, 9.17) is 0 Å². The number of rotatable bonds is 7. The zero-order valence-corrected chi connectivity index (χ0v) is 15.3. The molecule has 3 aromatic rings. The minimum absolute atomic E-state index is 0.0252. The van der Waals surface area contributed by atoms with Gasteiger partial charge in [-0.2, -0.15) is 0 Å². The van der Waals surface area contributed by atoms with E-state index < -0.39 is 11.5 Å². The predicted molar refractivity (Wildman–Crippen MR) is 102 cm³/mol. The lowest BCUT2D eigenvalue weighted by Gasteiger charge is -2.02. The van der Waals surface area contributed by atoms with Gasteiger partial charge in [0.25, 0.3) is 11.5 Å². The Morgan fingerprint density at radius 1 is 1.19 bits per heavy atom. The maximum Gasteiger partial charge on any atom is 0.263 e. The molecule has 0 bridgehead atoms. The van der Waals surface area contributed by atoms with Crippen LogP contribution in [-0.4, -0.2) is 21.8 Å². The van der Waals surface area contributed by atoms with Gasteiger partial charge >= 0.3 is 0 Å². The summed E-state index contributed by atoms with van der Waals surface area (Å²) in [7, 11) is 0. The third-order valence-corrected chi connectivity index (χ3v) is 5.17. The van der Waals surface area contributed by atoms with Crippen molar-refractivity contribution in [3.8, 4) is 0 Å². The molecule has 0 fully saturated rings. The molecule has 3 rings (SSSR count). The van der Waals surface area contributed by atoms with Crippen molar-refractivity contribution in [1.82, 2.24) is 15.3 Å². The average Bonchev–Trinajstić information content (AvgIpc) is 3.30. The molecule has 7 nitrogen and oxygen atoms in total. The largest absolute Gasteiger partial charge is 0.351 e. The second-order valence-corrected chi connectivity index (χ2v) is 7.26. The number of H-pyrrole nitrogens is 1. The summed E-state index contributed by atoms with van der Waals surface area (Å²) >= 11 is 2.85. The van der Waals surface area contributed by atoms with Crippen LogP contribution in [0.15, 0.2) is 46.0 Å². The molecule has 0 aliphatic carbocycles. The van der Waals surface area contributed by atoms with Crippen LogP contribution < -0.4 is 16.2 Å². The van der Waals surface area contributed by atoms with Crippen LogP contribution in [0.25, 0.3) is 0 Å². The van der Waals surface area contributed by atoms with Crippen molar-refractivity contribution in [2.45, 2.75) is 19.4 Å².